The highest BCUT2D eigenvalue weighted by Crippen LogP contribution is 2.38. The first-order valence-electron chi connectivity index (χ1n) is 9.59. The number of benzene rings is 3. The molecule has 0 spiro atoms. The largest absolute Gasteiger partial charge is 0.496 e. The molecule has 156 valence electrons. The summed E-state index contributed by atoms with van der Waals surface area (Å²) in [6, 6.07) is 19.6. The van der Waals surface area contributed by atoms with Crippen LogP contribution in [-0.2, 0) is 0 Å². The highest BCUT2D eigenvalue weighted by atomic mass is 35.5. The van der Waals surface area contributed by atoms with Gasteiger partial charge < -0.3 is 9.47 Å². The summed E-state index contributed by atoms with van der Waals surface area (Å²) in [6.45, 7) is 0. The second kappa shape index (κ2) is 9.06. The van der Waals surface area contributed by atoms with Crippen molar-refractivity contribution in [3.05, 3.63) is 94.9 Å². The van der Waals surface area contributed by atoms with Gasteiger partial charge in [0.2, 0.25) is 0 Å². The van der Waals surface area contributed by atoms with Crippen molar-refractivity contribution in [2.24, 2.45) is 0 Å². The average Bonchev–Trinajstić information content (AvgIpc) is 3.27. The van der Waals surface area contributed by atoms with Crippen LogP contribution < -0.4 is 9.47 Å². The van der Waals surface area contributed by atoms with Gasteiger partial charge in [0.25, 0.3) is 0 Å². The second-order valence-corrected chi connectivity index (χ2v) is 7.17. The average molecular weight is 435 g/mol. The Kier molecular flexibility index (Phi) is 6.05. The molecule has 0 bridgehead atoms. The van der Waals surface area contributed by atoms with E-state index in [1.807, 2.05) is 60.7 Å². The zero-order valence-corrected chi connectivity index (χ0v) is 17.8. The third-order valence-corrected chi connectivity index (χ3v) is 5.17. The molecule has 6 heteroatoms. The normalized spacial score (nSPS) is 11.1. The number of methoxy groups -OCH3 is 2. The standard InChI is InChI=1S/C25H20ClFN2O2/c1-30-24-16-25(31-2)20(15-18(24)11-10-17-6-5-7-19(27)14-17)22-12-13-28-29(22)23-9-4-3-8-21(23)26/h3-16H,1-2H3. The molecule has 0 amide bonds. The van der Waals surface area contributed by atoms with Crippen LogP contribution in [0.2, 0.25) is 5.02 Å². The smallest absolute Gasteiger partial charge is 0.131 e. The summed E-state index contributed by atoms with van der Waals surface area (Å²) in [7, 11) is 3.21. The minimum Gasteiger partial charge on any atom is -0.496 e. The van der Waals surface area contributed by atoms with E-state index in [1.165, 1.54) is 12.1 Å². The summed E-state index contributed by atoms with van der Waals surface area (Å²) < 4.78 is 26.5. The van der Waals surface area contributed by atoms with Crippen LogP contribution in [0.15, 0.2) is 72.9 Å². The number of aromatic nitrogens is 2. The summed E-state index contributed by atoms with van der Waals surface area (Å²) in [5, 5.41) is 5.05. The number of para-hydroxylation sites is 1. The molecule has 0 unspecified atom stereocenters. The quantitative estimate of drug-likeness (QED) is 0.324. The molecule has 0 aliphatic carbocycles. The monoisotopic (exact) mass is 434 g/mol. The van der Waals surface area contributed by atoms with Crippen molar-refractivity contribution in [2.45, 2.75) is 0 Å². The molecule has 31 heavy (non-hydrogen) atoms. The lowest BCUT2D eigenvalue weighted by atomic mass is 10.0. The van der Waals surface area contributed by atoms with Crippen molar-refractivity contribution < 1.29 is 13.9 Å². The van der Waals surface area contributed by atoms with Crippen molar-refractivity contribution in [3.63, 3.8) is 0 Å². The van der Waals surface area contributed by atoms with Crippen LogP contribution in [0.1, 0.15) is 11.1 Å². The number of ether oxygens (including phenoxy) is 2. The Bertz CT molecular complexity index is 1250. The zero-order chi connectivity index (χ0) is 21.8. The number of halogens is 2. The second-order valence-electron chi connectivity index (χ2n) is 6.76. The van der Waals surface area contributed by atoms with Gasteiger partial charge in [-0.2, -0.15) is 5.10 Å². The Labute approximate surface area is 185 Å². The maximum atomic E-state index is 13.5. The Morgan fingerprint density at radius 1 is 0.903 bits per heavy atom. The van der Waals surface area contributed by atoms with E-state index in [1.54, 1.807) is 31.2 Å². The third-order valence-electron chi connectivity index (χ3n) is 4.86. The van der Waals surface area contributed by atoms with E-state index in [9.17, 15) is 4.39 Å². The molecule has 0 N–H and O–H groups in total. The van der Waals surface area contributed by atoms with Crippen molar-refractivity contribution in [1.82, 2.24) is 9.78 Å². The Morgan fingerprint density at radius 3 is 2.45 bits per heavy atom. The van der Waals surface area contributed by atoms with Gasteiger partial charge in [-0.1, -0.05) is 48.0 Å². The lowest BCUT2D eigenvalue weighted by Gasteiger charge is -2.15. The van der Waals surface area contributed by atoms with Crippen LogP contribution in [0.3, 0.4) is 0 Å². The first-order chi connectivity index (χ1) is 15.1. The summed E-state index contributed by atoms with van der Waals surface area (Å²) in [5.74, 6) is 0.985. The summed E-state index contributed by atoms with van der Waals surface area (Å²) >= 11 is 6.40. The van der Waals surface area contributed by atoms with Crippen LogP contribution in [0, 0.1) is 5.82 Å². The summed E-state index contributed by atoms with van der Waals surface area (Å²) in [5.41, 5.74) is 3.96. The van der Waals surface area contributed by atoms with E-state index in [2.05, 4.69) is 5.10 Å². The molecule has 1 aromatic heterocycles. The van der Waals surface area contributed by atoms with Gasteiger partial charge in [-0.3, -0.25) is 0 Å². The zero-order valence-electron chi connectivity index (χ0n) is 17.0. The van der Waals surface area contributed by atoms with Gasteiger partial charge in [0.15, 0.2) is 0 Å². The maximum absolute atomic E-state index is 13.5. The van der Waals surface area contributed by atoms with E-state index in [0.29, 0.717) is 16.5 Å². The number of hydrogen-bond acceptors (Lipinski definition) is 3. The minimum atomic E-state index is -0.284. The Hall–Kier alpha value is -3.57. The Morgan fingerprint density at radius 2 is 1.71 bits per heavy atom. The van der Waals surface area contributed by atoms with Gasteiger partial charge in [-0.15, -0.1) is 0 Å². The first kappa shape index (κ1) is 20.7. The molecule has 0 saturated carbocycles. The fourth-order valence-electron chi connectivity index (χ4n) is 3.37. The molecule has 0 fully saturated rings. The molecule has 0 aliphatic heterocycles. The molecular formula is C25H20ClFN2O2. The van der Waals surface area contributed by atoms with Gasteiger partial charge in [0.1, 0.15) is 17.3 Å². The van der Waals surface area contributed by atoms with E-state index in [0.717, 1.165) is 28.1 Å². The molecule has 1 heterocycles. The van der Waals surface area contributed by atoms with Gasteiger partial charge in [-0.05, 0) is 42.0 Å². The van der Waals surface area contributed by atoms with Gasteiger partial charge in [-0.25, -0.2) is 9.07 Å². The van der Waals surface area contributed by atoms with E-state index in [4.69, 9.17) is 21.1 Å². The van der Waals surface area contributed by atoms with Gasteiger partial charge >= 0.3 is 0 Å². The molecule has 0 atom stereocenters. The summed E-state index contributed by atoms with van der Waals surface area (Å²) in [4.78, 5) is 0. The molecule has 0 radical (unpaired) electrons. The van der Waals surface area contributed by atoms with Crippen LogP contribution in [0.4, 0.5) is 4.39 Å². The van der Waals surface area contributed by atoms with Crippen LogP contribution in [0.5, 0.6) is 11.5 Å². The van der Waals surface area contributed by atoms with Crippen LogP contribution in [0.25, 0.3) is 29.1 Å². The van der Waals surface area contributed by atoms with Crippen molar-refractivity contribution in [3.8, 4) is 28.4 Å². The van der Waals surface area contributed by atoms with Crippen molar-refractivity contribution in [2.75, 3.05) is 14.2 Å². The number of rotatable bonds is 6. The van der Waals surface area contributed by atoms with Crippen LogP contribution >= 0.6 is 11.6 Å². The third kappa shape index (κ3) is 4.32. The number of hydrogen-bond donors (Lipinski definition) is 0. The maximum Gasteiger partial charge on any atom is 0.131 e. The molecule has 3 aromatic carbocycles. The molecule has 0 aliphatic rings. The molecule has 4 rings (SSSR count). The minimum absolute atomic E-state index is 0.284. The SMILES string of the molecule is COc1cc(OC)c(-c2ccnn2-c2ccccc2Cl)cc1C=Cc1cccc(F)c1. The lowest BCUT2D eigenvalue weighted by molar-refractivity contribution is 0.394. The van der Waals surface area contributed by atoms with E-state index >= 15 is 0 Å². The predicted molar refractivity (Wildman–Crippen MR) is 122 cm³/mol. The fraction of sp³-hybridized carbons (Fsp3) is 0.0800. The van der Waals surface area contributed by atoms with Crippen molar-refractivity contribution >= 4 is 23.8 Å². The lowest BCUT2D eigenvalue weighted by Crippen LogP contribution is -2.01. The molecule has 4 aromatic rings. The highest BCUT2D eigenvalue weighted by molar-refractivity contribution is 6.32. The highest BCUT2D eigenvalue weighted by Gasteiger charge is 2.17. The Balaban J connectivity index is 1.83. The van der Waals surface area contributed by atoms with E-state index in [-0.39, 0.29) is 5.82 Å². The van der Waals surface area contributed by atoms with Gasteiger partial charge in [0, 0.05) is 17.2 Å². The predicted octanol–water partition coefficient (Wildman–Crippen LogP) is 6.52. The molecule has 0 saturated heterocycles. The summed E-state index contributed by atoms with van der Waals surface area (Å²) in [6.07, 6.45) is 5.43. The number of nitrogens with zero attached hydrogens (tertiary/aromatic N) is 2. The van der Waals surface area contributed by atoms with Crippen LogP contribution in [-0.4, -0.2) is 24.0 Å². The van der Waals surface area contributed by atoms with Crippen molar-refractivity contribution in [1.29, 1.82) is 0 Å². The fourth-order valence-corrected chi connectivity index (χ4v) is 3.59. The topological polar surface area (TPSA) is 36.3 Å². The molecular weight excluding hydrogens is 415 g/mol. The first-order valence-corrected chi connectivity index (χ1v) is 9.97. The van der Waals surface area contributed by atoms with Gasteiger partial charge in [0.05, 0.1) is 36.8 Å². The molecule has 4 nitrogen and oxygen atoms in total. The van der Waals surface area contributed by atoms with E-state index < -0.39 is 0 Å².